The molecule has 21 heavy (non-hydrogen) atoms. The van der Waals surface area contributed by atoms with Crippen molar-refractivity contribution in [2.24, 2.45) is 5.41 Å². The molecule has 1 amide bonds. The highest BCUT2D eigenvalue weighted by atomic mass is 16.1. The first-order valence-electron chi connectivity index (χ1n) is 7.33. The second-order valence-corrected chi connectivity index (χ2v) is 6.47. The highest BCUT2D eigenvalue weighted by Crippen LogP contribution is 2.73. The van der Waals surface area contributed by atoms with E-state index in [2.05, 4.69) is 45.8 Å². The molecule has 3 fully saturated rings. The van der Waals surface area contributed by atoms with E-state index < -0.39 is 0 Å². The summed E-state index contributed by atoms with van der Waals surface area (Å²) in [5.74, 6) is -0.124. The van der Waals surface area contributed by atoms with E-state index in [9.17, 15) is 4.79 Å². The van der Waals surface area contributed by atoms with Crippen molar-refractivity contribution in [3.63, 3.8) is 0 Å². The van der Waals surface area contributed by atoms with Crippen LogP contribution in [0.4, 0.5) is 0 Å². The smallest absolute Gasteiger partial charge is 0.271 e. The summed E-state index contributed by atoms with van der Waals surface area (Å²) in [5.41, 5.74) is 2.54. The standard InChI is InChI=1S/C17H17N3O/c21-15(14-7-4-8-19-20-14)18-12-16-9-17(10-16,11-16)13-5-2-1-3-6-13/h1-8H,9-12H2,(H,18,21). The fourth-order valence-corrected chi connectivity index (χ4v) is 4.06. The highest BCUT2D eigenvalue weighted by Gasteiger charge is 2.67. The van der Waals surface area contributed by atoms with Crippen LogP contribution >= 0.6 is 0 Å². The number of hydrogen-bond donors (Lipinski definition) is 1. The van der Waals surface area contributed by atoms with Crippen molar-refractivity contribution in [2.45, 2.75) is 24.7 Å². The zero-order valence-electron chi connectivity index (χ0n) is 11.7. The quantitative estimate of drug-likeness (QED) is 0.934. The minimum atomic E-state index is -0.124. The van der Waals surface area contributed by atoms with Crippen LogP contribution in [-0.4, -0.2) is 22.6 Å². The van der Waals surface area contributed by atoms with Gasteiger partial charge in [-0.05, 0) is 47.8 Å². The molecule has 5 rings (SSSR count). The van der Waals surface area contributed by atoms with E-state index in [0.29, 0.717) is 16.5 Å². The Morgan fingerprint density at radius 1 is 1.10 bits per heavy atom. The fourth-order valence-electron chi connectivity index (χ4n) is 4.06. The molecule has 4 heteroatoms. The summed E-state index contributed by atoms with van der Waals surface area (Å²) in [5, 5.41) is 10.6. The number of nitrogens with zero attached hydrogens (tertiary/aromatic N) is 2. The number of rotatable bonds is 4. The molecule has 0 aliphatic heterocycles. The van der Waals surface area contributed by atoms with Crippen LogP contribution in [-0.2, 0) is 5.41 Å². The lowest BCUT2D eigenvalue weighted by molar-refractivity contribution is -0.136. The Bertz CT molecular complexity index is 649. The zero-order chi connectivity index (χ0) is 14.3. The molecule has 1 aromatic carbocycles. The Morgan fingerprint density at radius 2 is 1.86 bits per heavy atom. The molecule has 3 aliphatic rings. The van der Waals surface area contributed by atoms with E-state index in [0.717, 1.165) is 6.54 Å². The molecule has 0 spiro atoms. The van der Waals surface area contributed by atoms with Crippen molar-refractivity contribution in [1.82, 2.24) is 15.5 Å². The normalized spacial score (nSPS) is 29.1. The average molecular weight is 279 g/mol. The molecule has 0 radical (unpaired) electrons. The minimum Gasteiger partial charge on any atom is -0.350 e. The monoisotopic (exact) mass is 279 g/mol. The summed E-state index contributed by atoms with van der Waals surface area (Å²) in [6, 6.07) is 14.1. The summed E-state index contributed by atoms with van der Waals surface area (Å²) < 4.78 is 0. The lowest BCUT2D eigenvalue weighted by Crippen LogP contribution is -2.68. The molecular formula is C17H17N3O. The molecular weight excluding hydrogens is 262 g/mol. The summed E-state index contributed by atoms with van der Waals surface area (Å²) in [4.78, 5) is 12.0. The molecule has 1 heterocycles. The molecule has 0 atom stereocenters. The maximum Gasteiger partial charge on any atom is 0.271 e. The Balaban J connectivity index is 1.35. The Kier molecular flexibility index (Phi) is 2.61. The van der Waals surface area contributed by atoms with E-state index in [1.54, 1.807) is 18.3 Å². The molecule has 1 N–H and O–H groups in total. The van der Waals surface area contributed by atoms with Gasteiger partial charge in [-0.1, -0.05) is 30.3 Å². The van der Waals surface area contributed by atoms with Gasteiger partial charge in [0.2, 0.25) is 0 Å². The molecule has 0 saturated heterocycles. The van der Waals surface area contributed by atoms with Gasteiger partial charge in [-0.2, -0.15) is 5.10 Å². The topological polar surface area (TPSA) is 54.9 Å². The fraction of sp³-hybridized carbons (Fsp3) is 0.353. The second kappa shape index (κ2) is 4.38. The molecule has 3 aliphatic carbocycles. The number of aromatic nitrogens is 2. The van der Waals surface area contributed by atoms with E-state index >= 15 is 0 Å². The summed E-state index contributed by atoms with van der Waals surface area (Å²) in [7, 11) is 0. The van der Waals surface area contributed by atoms with Gasteiger partial charge in [0.1, 0.15) is 0 Å². The van der Waals surface area contributed by atoms with Crippen molar-refractivity contribution < 1.29 is 4.79 Å². The SMILES string of the molecule is O=C(NCC12CC(c3ccccc3)(C1)C2)c1cccnn1. The van der Waals surface area contributed by atoms with Crippen molar-refractivity contribution in [3.8, 4) is 0 Å². The molecule has 4 nitrogen and oxygen atoms in total. The van der Waals surface area contributed by atoms with Crippen molar-refractivity contribution in [1.29, 1.82) is 0 Å². The summed E-state index contributed by atoms with van der Waals surface area (Å²) in [6.07, 6.45) is 5.13. The first kappa shape index (κ1) is 12.5. The second-order valence-electron chi connectivity index (χ2n) is 6.47. The van der Waals surface area contributed by atoms with Crippen LogP contribution in [0.25, 0.3) is 0 Å². The summed E-state index contributed by atoms with van der Waals surface area (Å²) in [6.45, 7) is 0.747. The lowest BCUT2D eigenvalue weighted by atomic mass is 9.33. The molecule has 2 aromatic rings. The Hall–Kier alpha value is -2.23. The number of carbonyl (C=O) groups excluding carboxylic acids is 1. The third-order valence-corrected chi connectivity index (χ3v) is 4.96. The van der Waals surface area contributed by atoms with Gasteiger partial charge in [0.25, 0.3) is 5.91 Å². The first-order valence-corrected chi connectivity index (χ1v) is 7.33. The largest absolute Gasteiger partial charge is 0.350 e. The average Bonchev–Trinajstić information content (AvgIpc) is 2.46. The number of benzene rings is 1. The van der Waals surface area contributed by atoms with Gasteiger partial charge >= 0.3 is 0 Å². The van der Waals surface area contributed by atoms with Crippen LogP contribution in [0.15, 0.2) is 48.7 Å². The Morgan fingerprint density at radius 3 is 2.52 bits per heavy atom. The lowest BCUT2D eigenvalue weighted by Gasteiger charge is -2.71. The van der Waals surface area contributed by atoms with E-state index in [1.807, 2.05) is 0 Å². The van der Waals surface area contributed by atoms with Crippen molar-refractivity contribution in [3.05, 3.63) is 59.9 Å². The van der Waals surface area contributed by atoms with Crippen LogP contribution in [0.2, 0.25) is 0 Å². The van der Waals surface area contributed by atoms with Gasteiger partial charge in [-0.3, -0.25) is 4.79 Å². The molecule has 2 bridgehead atoms. The van der Waals surface area contributed by atoms with Crippen LogP contribution < -0.4 is 5.32 Å². The maximum atomic E-state index is 12.0. The minimum absolute atomic E-state index is 0.124. The van der Waals surface area contributed by atoms with Crippen LogP contribution in [0.3, 0.4) is 0 Å². The summed E-state index contributed by atoms with van der Waals surface area (Å²) >= 11 is 0. The predicted octanol–water partition coefficient (Wildman–Crippen LogP) is 2.33. The van der Waals surface area contributed by atoms with E-state index in [-0.39, 0.29) is 5.91 Å². The Labute approximate surface area is 123 Å². The number of hydrogen-bond acceptors (Lipinski definition) is 3. The third kappa shape index (κ3) is 1.94. The number of amides is 1. The molecule has 1 aromatic heterocycles. The van der Waals surface area contributed by atoms with Crippen molar-refractivity contribution in [2.75, 3.05) is 6.54 Å². The zero-order valence-corrected chi connectivity index (χ0v) is 11.7. The van der Waals surface area contributed by atoms with Crippen LogP contribution in [0, 0.1) is 5.41 Å². The highest BCUT2D eigenvalue weighted by molar-refractivity contribution is 5.92. The van der Waals surface area contributed by atoms with E-state index in [1.165, 1.54) is 24.8 Å². The third-order valence-electron chi connectivity index (χ3n) is 4.96. The predicted molar refractivity (Wildman–Crippen MR) is 78.8 cm³/mol. The molecule has 3 saturated carbocycles. The molecule has 106 valence electrons. The molecule has 0 unspecified atom stereocenters. The first-order chi connectivity index (χ1) is 10.2. The van der Waals surface area contributed by atoms with Crippen molar-refractivity contribution >= 4 is 5.91 Å². The van der Waals surface area contributed by atoms with Crippen LogP contribution in [0.5, 0.6) is 0 Å². The van der Waals surface area contributed by atoms with Gasteiger partial charge in [0.05, 0.1) is 0 Å². The van der Waals surface area contributed by atoms with Gasteiger partial charge in [0.15, 0.2) is 5.69 Å². The van der Waals surface area contributed by atoms with Gasteiger partial charge in [-0.25, -0.2) is 0 Å². The number of nitrogens with one attached hydrogen (secondary N) is 1. The van der Waals surface area contributed by atoms with E-state index in [4.69, 9.17) is 0 Å². The van der Waals surface area contributed by atoms with Gasteiger partial charge < -0.3 is 5.32 Å². The van der Waals surface area contributed by atoms with Gasteiger partial charge in [0, 0.05) is 12.7 Å². The number of carbonyl (C=O) groups is 1. The van der Waals surface area contributed by atoms with Crippen LogP contribution in [0.1, 0.15) is 35.3 Å². The maximum absolute atomic E-state index is 12.0. The van der Waals surface area contributed by atoms with Gasteiger partial charge in [-0.15, -0.1) is 5.10 Å².